The lowest BCUT2D eigenvalue weighted by Crippen LogP contribution is -2.34. The lowest BCUT2D eigenvalue weighted by Gasteiger charge is -2.24. The molecule has 0 heterocycles. The molecule has 0 amide bonds. The highest BCUT2D eigenvalue weighted by molar-refractivity contribution is 5.14. The maximum atomic E-state index is 10.00. The molecule has 1 rings (SSSR count). The molecule has 1 N–H and O–H groups in total. The molecule has 0 aliphatic carbocycles. The van der Waals surface area contributed by atoms with Crippen molar-refractivity contribution in [1.29, 1.82) is 0 Å². The van der Waals surface area contributed by atoms with Gasteiger partial charge in [0.1, 0.15) is 0 Å². The molecule has 0 spiro atoms. The van der Waals surface area contributed by atoms with E-state index in [-0.39, 0.29) is 6.10 Å². The zero-order valence-electron chi connectivity index (χ0n) is 11.8. The molecule has 0 aliphatic heterocycles. The van der Waals surface area contributed by atoms with Gasteiger partial charge in [0.05, 0.1) is 12.7 Å². The molecule has 106 valence electrons. The van der Waals surface area contributed by atoms with Crippen LogP contribution in [0.1, 0.15) is 18.4 Å². The van der Waals surface area contributed by atoms with Crippen LogP contribution in [-0.2, 0) is 11.3 Å². The fourth-order valence-corrected chi connectivity index (χ4v) is 2.00. The first-order valence-corrected chi connectivity index (χ1v) is 6.80. The van der Waals surface area contributed by atoms with Crippen LogP contribution in [-0.4, -0.2) is 42.9 Å². The summed E-state index contributed by atoms with van der Waals surface area (Å²) in [4.78, 5) is 2.23. The Balaban J connectivity index is 2.48. The van der Waals surface area contributed by atoms with Crippen LogP contribution in [0.25, 0.3) is 0 Å². The smallest absolute Gasteiger partial charge is 0.0670 e. The summed E-state index contributed by atoms with van der Waals surface area (Å²) < 4.78 is 5.13. The van der Waals surface area contributed by atoms with Crippen LogP contribution in [0, 0.1) is 0 Å². The van der Waals surface area contributed by atoms with Gasteiger partial charge in [0, 0.05) is 26.7 Å². The molecule has 0 saturated heterocycles. The van der Waals surface area contributed by atoms with Crippen molar-refractivity contribution < 1.29 is 9.84 Å². The first kappa shape index (κ1) is 15.9. The number of rotatable bonds is 10. The molecule has 0 aromatic heterocycles. The number of allylic oxidation sites excluding steroid dienone is 1. The van der Waals surface area contributed by atoms with Crippen molar-refractivity contribution in [2.45, 2.75) is 25.5 Å². The third-order valence-electron chi connectivity index (χ3n) is 3.03. The molecule has 1 aromatic rings. The SMILES string of the molecule is C=CCCC(O)CN(CCOC)Cc1ccccc1. The fourth-order valence-electron chi connectivity index (χ4n) is 2.00. The molecule has 0 fully saturated rings. The Morgan fingerprint density at radius 1 is 1.37 bits per heavy atom. The predicted molar refractivity (Wildman–Crippen MR) is 79.0 cm³/mol. The van der Waals surface area contributed by atoms with Crippen molar-refractivity contribution in [2.24, 2.45) is 0 Å². The summed E-state index contributed by atoms with van der Waals surface area (Å²) in [6.07, 6.45) is 3.16. The Bertz CT molecular complexity index is 340. The highest BCUT2D eigenvalue weighted by atomic mass is 16.5. The van der Waals surface area contributed by atoms with E-state index in [9.17, 15) is 5.11 Å². The van der Waals surface area contributed by atoms with Gasteiger partial charge in [-0.05, 0) is 18.4 Å². The number of nitrogens with zero attached hydrogens (tertiary/aromatic N) is 1. The van der Waals surface area contributed by atoms with Gasteiger partial charge in [-0.2, -0.15) is 0 Å². The van der Waals surface area contributed by atoms with Crippen LogP contribution in [0.3, 0.4) is 0 Å². The van der Waals surface area contributed by atoms with E-state index in [1.807, 2.05) is 24.3 Å². The molecule has 0 bridgehead atoms. The van der Waals surface area contributed by atoms with E-state index in [1.165, 1.54) is 5.56 Å². The second-order valence-corrected chi connectivity index (χ2v) is 4.73. The minimum atomic E-state index is -0.307. The van der Waals surface area contributed by atoms with Gasteiger partial charge in [0.25, 0.3) is 0 Å². The number of benzene rings is 1. The van der Waals surface area contributed by atoms with E-state index in [2.05, 4.69) is 23.6 Å². The van der Waals surface area contributed by atoms with Crippen LogP contribution < -0.4 is 0 Å². The first-order valence-electron chi connectivity index (χ1n) is 6.80. The maximum absolute atomic E-state index is 10.00. The molecule has 1 aromatic carbocycles. The number of methoxy groups -OCH3 is 1. The molecule has 1 atom stereocenters. The summed E-state index contributed by atoms with van der Waals surface area (Å²) in [5, 5.41) is 10.00. The molecule has 19 heavy (non-hydrogen) atoms. The molecular formula is C16H25NO2. The molecule has 0 radical (unpaired) electrons. The Hall–Kier alpha value is -1.16. The van der Waals surface area contributed by atoms with Crippen LogP contribution in [0.15, 0.2) is 43.0 Å². The third kappa shape index (κ3) is 7.11. The van der Waals surface area contributed by atoms with Gasteiger partial charge in [-0.15, -0.1) is 6.58 Å². The standard InChI is InChI=1S/C16H25NO2/c1-3-4-10-16(18)14-17(11-12-19-2)13-15-8-6-5-7-9-15/h3,5-9,16,18H,1,4,10-14H2,2H3. The average molecular weight is 263 g/mol. The van der Waals surface area contributed by atoms with E-state index < -0.39 is 0 Å². The summed E-state index contributed by atoms with van der Waals surface area (Å²) in [5.74, 6) is 0. The van der Waals surface area contributed by atoms with E-state index in [0.717, 1.165) is 25.9 Å². The quantitative estimate of drug-likeness (QED) is 0.658. The van der Waals surface area contributed by atoms with Crippen molar-refractivity contribution in [3.63, 3.8) is 0 Å². The Kier molecular flexibility index (Phi) is 8.14. The lowest BCUT2D eigenvalue weighted by atomic mass is 10.1. The van der Waals surface area contributed by atoms with Crippen molar-refractivity contribution in [3.8, 4) is 0 Å². The van der Waals surface area contributed by atoms with Crippen LogP contribution in [0.4, 0.5) is 0 Å². The zero-order valence-corrected chi connectivity index (χ0v) is 11.8. The summed E-state index contributed by atoms with van der Waals surface area (Å²) in [7, 11) is 1.70. The monoisotopic (exact) mass is 263 g/mol. The Labute approximate surface area is 116 Å². The van der Waals surface area contributed by atoms with Crippen LogP contribution in [0.2, 0.25) is 0 Å². The van der Waals surface area contributed by atoms with Gasteiger partial charge in [-0.3, -0.25) is 4.90 Å². The number of hydrogen-bond donors (Lipinski definition) is 1. The number of aliphatic hydroxyl groups excluding tert-OH is 1. The van der Waals surface area contributed by atoms with E-state index in [0.29, 0.717) is 13.2 Å². The topological polar surface area (TPSA) is 32.7 Å². The predicted octanol–water partition coefficient (Wildman–Crippen LogP) is 2.46. The van der Waals surface area contributed by atoms with Crippen molar-refractivity contribution >= 4 is 0 Å². The lowest BCUT2D eigenvalue weighted by molar-refractivity contribution is 0.0809. The molecular weight excluding hydrogens is 238 g/mol. The van der Waals surface area contributed by atoms with Gasteiger partial charge in [0.15, 0.2) is 0 Å². The molecule has 0 saturated carbocycles. The fraction of sp³-hybridized carbons (Fsp3) is 0.500. The number of aliphatic hydroxyl groups is 1. The summed E-state index contributed by atoms with van der Waals surface area (Å²) in [6.45, 7) is 6.71. The summed E-state index contributed by atoms with van der Waals surface area (Å²) in [6, 6.07) is 10.3. The highest BCUT2D eigenvalue weighted by Crippen LogP contribution is 2.07. The van der Waals surface area contributed by atoms with Gasteiger partial charge in [-0.1, -0.05) is 36.4 Å². The minimum absolute atomic E-state index is 0.307. The average Bonchev–Trinajstić information content (AvgIpc) is 2.43. The van der Waals surface area contributed by atoms with Crippen molar-refractivity contribution in [3.05, 3.63) is 48.6 Å². The largest absolute Gasteiger partial charge is 0.392 e. The van der Waals surface area contributed by atoms with Crippen molar-refractivity contribution in [2.75, 3.05) is 26.8 Å². The zero-order chi connectivity index (χ0) is 13.9. The second kappa shape index (κ2) is 9.73. The Morgan fingerprint density at radius 3 is 2.74 bits per heavy atom. The van der Waals surface area contributed by atoms with Crippen LogP contribution >= 0.6 is 0 Å². The Morgan fingerprint density at radius 2 is 2.11 bits per heavy atom. The first-order chi connectivity index (χ1) is 9.26. The molecule has 3 nitrogen and oxygen atoms in total. The normalized spacial score (nSPS) is 12.6. The van der Waals surface area contributed by atoms with E-state index in [4.69, 9.17) is 4.74 Å². The van der Waals surface area contributed by atoms with Gasteiger partial charge in [-0.25, -0.2) is 0 Å². The third-order valence-corrected chi connectivity index (χ3v) is 3.03. The van der Waals surface area contributed by atoms with Gasteiger partial charge < -0.3 is 9.84 Å². The molecule has 0 aliphatic rings. The van der Waals surface area contributed by atoms with E-state index in [1.54, 1.807) is 7.11 Å². The molecule has 3 heteroatoms. The number of ether oxygens (including phenoxy) is 1. The molecule has 1 unspecified atom stereocenters. The van der Waals surface area contributed by atoms with E-state index >= 15 is 0 Å². The summed E-state index contributed by atoms with van der Waals surface area (Å²) in [5.41, 5.74) is 1.26. The van der Waals surface area contributed by atoms with Gasteiger partial charge in [0.2, 0.25) is 0 Å². The number of hydrogen-bond acceptors (Lipinski definition) is 3. The highest BCUT2D eigenvalue weighted by Gasteiger charge is 2.11. The van der Waals surface area contributed by atoms with Crippen molar-refractivity contribution in [1.82, 2.24) is 4.90 Å². The van der Waals surface area contributed by atoms with Crippen LogP contribution in [0.5, 0.6) is 0 Å². The summed E-state index contributed by atoms with van der Waals surface area (Å²) >= 11 is 0. The maximum Gasteiger partial charge on any atom is 0.0670 e. The second-order valence-electron chi connectivity index (χ2n) is 4.73. The minimum Gasteiger partial charge on any atom is -0.392 e. The van der Waals surface area contributed by atoms with Gasteiger partial charge >= 0.3 is 0 Å².